The highest BCUT2D eigenvalue weighted by Gasteiger charge is 2.78. The van der Waals surface area contributed by atoms with E-state index in [0.717, 1.165) is 0 Å². The van der Waals surface area contributed by atoms with Gasteiger partial charge in [0.05, 0.1) is 6.61 Å². The van der Waals surface area contributed by atoms with Crippen molar-refractivity contribution in [1.82, 2.24) is 9.55 Å². The maximum atomic E-state index is 12.0. The summed E-state index contributed by atoms with van der Waals surface area (Å²) >= 11 is 0. The summed E-state index contributed by atoms with van der Waals surface area (Å²) in [7, 11) is 0. The maximum Gasteiger partial charge on any atom is 0.330 e. The molecule has 114 valence electrons. The maximum absolute atomic E-state index is 12.0. The Kier molecular flexibility index (Phi) is 2.41. The molecule has 1 aromatic heterocycles. The summed E-state index contributed by atoms with van der Waals surface area (Å²) in [4.78, 5) is 25.6. The zero-order chi connectivity index (χ0) is 15.0. The zero-order valence-electron chi connectivity index (χ0n) is 11.4. The van der Waals surface area contributed by atoms with Gasteiger partial charge in [0, 0.05) is 11.8 Å². The Morgan fingerprint density at radius 3 is 2.76 bits per heavy atom. The van der Waals surface area contributed by atoms with Crippen molar-refractivity contribution in [1.29, 1.82) is 0 Å². The Balaban J connectivity index is 1.79. The summed E-state index contributed by atoms with van der Waals surface area (Å²) in [5, 5.41) is 20.1. The van der Waals surface area contributed by atoms with Gasteiger partial charge in [0.15, 0.2) is 11.8 Å². The molecule has 3 N–H and O–H groups in total. The van der Waals surface area contributed by atoms with Gasteiger partial charge in [0.25, 0.3) is 5.56 Å². The summed E-state index contributed by atoms with van der Waals surface area (Å²) in [5.41, 5.74) is -2.56. The fourth-order valence-corrected chi connectivity index (χ4v) is 3.55. The Hall–Kier alpha value is -1.48. The van der Waals surface area contributed by atoms with Crippen molar-refractivity contribution in [3.8, 4) is 0 Å². The third kappa shape index (κ3) is 1.43. The predicted octanol–water partition coefficient (Wildman–Crippen LogP) is -1.60. The van der Waals surface area contributed by atoms with Crippen LogP contribution in [0.1, 0.15) is 24.6 Å². The summed E-state index contributed by atoms with van der Waals surface area (Å²) in [6.07, 6.45) is 0.215. The quantitative estimate of drug-likeness (QED) is 0.605. The summed E-state index contributed by atoms with van der Waals surface area (Å²) in [5.74, 6) is 0. The first kappa shape index (κ1) is 13.2. The SMILES string of the molecule is Cc1cn([C@@H]2O[C@@]3(CO)C(O)[C@@H]2OC32CC2)c(=O)[nH]c1=O. The fourth-order valence-electron chi connectivity index (χ4n) is 3.55. The molecule has 3 fully saturated rings. The molecular weight excluding hydrogens is 280 g/mol. The predicted molar refractivity (Wildman–Crippen MR) is 68.8 cm³/mol. The van der Waals surface area contributed by atoms with Crippen LogP contribution in [0.5, 0.6) is 0 Å². The Morgan fingerprint density at radius 1 is 1.43 bits per heavy atom. The topological polar surface area (TPSA) is 114 Å². The van der Waals surface area contributed by atoms with Gasteiger partial charge in [0.2, 0.25) is 0 Å². The fraction of sp³-hybridized carbons (Fsp3) is 0.692. The first-order valence-electron chi connectivity index (χ1n) is 6.91. The van der Waals surface area contributed by atoms with Crippen LogP contribution in [0.3, 0.4) is 0 Å². The lowest BCUT2D eigenvalue weighted by atomic mass is 9.91. The molecule has 4 rings (SSSR count). The van der Waals surface area contributed by atoms with Crippen LogP contribution >= 0.6 is 0 Å². The molecule has 21 heavy (non-hydrogen) atoms. The lowest BCUT2D eigenvalue weighted by Gasteiger charge is -2.36. The van der Waals surface area contributed by atoms with Gasteiger partial charge in [-0.15, -0.1) is 0 Å². The molecule has 2 aliphatic heterocycles. The molecule has 4 atom stereocenters. The average molecular weight is 296 g/mol. The number of hydrogen-bond donors (Lipinski definition) is 3. The number of aromatic amines is 1. The van der Waals surface area contributed by atoms with Gasteiger partial charge >= 0.3 is 5.69 Å². The molecule has 1 saturated carbocycles. The molecule has 1 aromatic rings. The number of H-pyrrole nitrogens is 1. The number of aliphatic hydroxyl groups excluding tert-OH is 2. The van der Waals surface area contributed by atoms with Gasteiger partial charge in [-0.1, -0.05) is 0 Å². The number of aromatic nitrogens is 2. The van der Waals surface area contributed by atoms with Gasteiger partial charge in [-0.2, -0.15) is 0 Å². The molecule has 0 amide bonds. The van der Waals surface area contributed by atoms with E-state index in [1.54, 1.807) is 6.92 Å². The lowest BCUT2D eigenvalue weighted by Crippen LogP contribution is -2.53. The number of hydrogen-bond acceptors (Lipinski definition) is 6. The highest BCUT2D eigenvalue weighted by atomic mass is 16.7. The van der Waals surface area contributed by atoms with Gasteiger partial charge in [-0.3, -0.25) is 14.3 Å². The number of nitrogens with one attached hydrogen (secondary N) is 1. The number of aliphatic hydroxyl groups is 2. The monoisotopic (exact) mass is 296 g/mol. The van der Waals surface area contributed by atoms with Crippen LogP contribution in [0.25, 0.3) is 0 Å². The average Bonchev–Trinajstić information content (AvgIpc) is 3.12. The smallest absolute Gasteiger partial charge is 0.330 e. The molecule has 8 heteroatoms. The summed E-state index contributed by atoms with van der Waals surface area (Å²) < 4.78 is 12.9. The molecule has 1 unspecified atom stereocenters. The molecule has 2 saturated heterocycles. The second kappa shape index (κ2) is 3.83. The standard InChI is InChI=1S/C13H16N2O6/c1-6-4-15(11(19)14-9(6)18)10-7-8(17)13(5-16,21-10)12(20-7)2-3-12/h4,7-8,10,16-17H,2-3,5H2,1H3,(H,14,18,19)/t7-,8?,10+,13-/m0/s1. The summed E-state index contributed by atoms with van der Waals surface area (Å²) in [6, 6.07) is 0. The van der Waals surface area contributed by atoms with E-state index in [1.165, 1.54) is 10.8 Å². The van der Waals surface area contributed by atoms with Gasteiger partial charge in [-0.25, -0.2) is 4.79 Å². The third-order valence-electron chi connectivity index (χ3n) is 4.89. The largest absolute Gasteiger partial charge is 0.393 e. The van der Waals surface area contributed by atoms with E-state index in [0.29, 0.717) is 18.4 Å². The van der Waals surface area contributed by atoms with E-state index in [2.05, 4.69) is 4.98 Å². The van der Waals surface area contributed by atoms with E-state index in [1.807, 2.05) is 0 Å². The molecule has 1 aliphatic carbocycles. The Bertz CT molecular complexity index is 720. The van der Waals surface area contributed by atoms with Crippen molar-refractivity contribution < 1.29 is 19.7 Å². The number of rotatable bonds is 2. The van der Waals surface area contributed by atoms with Crippen molar-refractivity contribution in [2.45, 2.75) is 49.4 Å². The molecule has 0 radical (unpaired) electrons. The molecule has 1 spiro atoms. The number of aryl methyl sites for hydroxylation is 1. The van der Waals surface area contributed by atoms with E-state index in [9.17, 15) is 19.8 Å². The van der Waals surface area contributed by atoms with Crippen LogP contribution < -0.4 is 11.2 Å². The van der Waals surface area contributed by atoms with Crippen LogP contribution in [0, 0.1) is 6.92 Å². The zero-order valence-corrected chi connectivity index (χ0v) is 11.4. The van der Waals surface area contributed by atoms with E-state index in [-0.39, 0.29) is 6.61 Å². The highest BCUT2D eigenvalue weighted by molar-refractivity contribution is 5.25. The first-order chi connectivity index (χ1) is 9.94. The van der Waals surface area contributed by atoms with Crippen molar-refractivity contribution in [2.75, 3.05) is 6.61 Å². The van der Waals surface area contributed by atoms with Crippen LogP contribution in [0.15, 0.2) is 15.8 Å². The minimum atomic E-state index is -1.19. The van der Waals surface area contributed by atoms with Gasteiger partial charge in [0.1, 0.15) is 17.8 Å². The van der Waals surface area contributed by atoms with Crippen molar-refractivity contribution in [2.24, 2.45) is 0 Å². The van der Waals surface area contributed by atoms with Crippen LogP contribution in [-0.4, -0.2) is 49.8 Å². The minimum absolute atomic E-state index is 0.356. The van der Waals surface area contributed by atoms with E-state index < -0.39 is 40.9 Å². The number of ether oxygens (including phenoxy) is 2. The summed E-state index contributed by atoms with van der Waals surface area (Å²) in [6.45, 7) is 1.20. The lowest BCUT2D eigenvalue weighted by molar-refractivity contribution is -0.235. The minimum Gasteiger partial charge on any atom is -0.393 e. The second-order valence-electron chi connectivity index (χ2n) is 6.06. The van der Waals surface area contributed by atoms with Gasteiger partial charge < -0.3 is 19.7 Å². The van der Waals surface area contributed by atoms with Crippen LogP contribution in [0.2, 0.25) is 0 Å². The number of fused-ring (bicyclic) bond motifs is 3. The molecule has 0 aromatic carbocycles. The molecule has 3 aliphatic rings. The third-order valence-corrected chi connectivity index (χ3v) is 4.89. The second-order valence-corrected chi connectivity index (χ2v) is 6.06. The normalized spacial score (nSPS) is 39.1. The highest BCUT2D eigenvalue weighted by Crippen LogP contribution is 2.63. The van der Waals surface area contributed by atoms with Crippen molar-refractivity contribution >= 4 is 0 Å². The van der Waals surface area contributed by atoms with Gasteiger partial charge in [-0.05, 0) is 19.8 Å². The molecule has 2 bridgehead atoms. The molecule has 8 nitrogen and oxygen atoms in total. The van der Waals surface area contributed by atoms with E-state index in [4.69, 9.17) is 9.47 Å². The van der Waals surface area contributed by atoms with Crippen LogP contribution in [-0.2, 0) is 9.47 Å². The Labute approximate surface area is 118 Å². The van der Waals surface area contributed by atoms with Crippen molar-refractivity contribution in [3.05, 3.63) is 32.6 Å². The molecule has 3 heterocycles. The Morgan fingerprint density at radius 2 is 2.14 bits per heavy atom. The van der Waals surface area contributed by atoms with Crippen LogP contribution in [0.4, 0.5) is 0 Å². The molecular formula is C13H16N2O6. The number of nitrogens with zero attached hydrogens (tertiary/aromatic N) is 1. The van der Waals surface area contributed by atoms with Crippen molar-refractivity contribution in [3.63, 3.8) is 0 Å². The van der Waals surface area contributed by atoms with E-state index >= 15 is 0 Å². The first-order valence-corrected chi connectivity index (χ1v) is 6.91.